The Bertz CT molecular complexity index is 525. The van der Waals surface area contributed by atoms with Crippen molar-refractivity contribution < 1.29 is 0 Å². The average molecular weight is 263 g/mol. The Morgan fingerprint density at radius 3 is 2.59 bits per heavy atom. The highest BCUT2D eigenvalue weighted by molar-refractivity contribution is 7.10. The van der Waals surface area contributed by atoms with Crippen molar-refractivity contribution in [1.29, 1.82) is 5.26 Å². The molecule has 0 aliphatic heterocycles. The van der Waals surface area contributed by atoms with Gasteiger partial charge in [0.25, 0.3) is 0 Å². The molecule has 2 nitrogen and oxygen atoms in total. The number of nitrogens with zero attached hydrogens (tertiary/aromatic N) is 1. The fourth-order valence-electron chi connectivity index (χ4n) is 1.47. The molecule has 0 spiro atoms. The van der Waals surface area contributed by atoms with Crippen molar-refractivity contribution in [2.45, 2.75) is 13.0 Å². The van der Waals surface area contributed by atoms with Gasteiger partial charge in [0.2, 0.25) is 0 Å². The molecular weight excluding hydrogens is 252 g/mol. The van der Waals surface area contributed by atoms with Crippen LogP contribution >= 0.6 is 22.9 Å². The summed E-state index contributed by atoms with van der Waals surface area (Å²) >= 11 is 7.65. The van der Waals surface area contributed by atoms with Crippen LogP contribution in [0.5, 0.6) is 0 Å². The molecule has 0 radical (unpaired) electrons. The molecule has 0 amide bonds. The normalized spacial score (nSPS) is 9.88. The molecule has 86 valence electrons. The minimum absolute atomic E-state index is 0.455. The Hall–Kier alpha value is -1.50. The molecule has 0 fully saturated rings. The van der Waals surface area contributed by atoms with E-state index in [4.69, 9.17) is 16.9 Å². The van der Waals surface area contributed by atoms with Crippen molar-refractivity contribution in [2.75, 3.05) is 5.32 Å². The van der Waals surface area contributed by atoms with Crippen LogP contribution in [0.25, 0.3) is 0 Å². The summed E-state index contributed by atoms with van der Waals surface area (Å²) in [6, 6.07) is 11.9. The third-order valence-electron chi connectivity index (χ3n) is 2.38. The molecule has 2 aromatic rings. The van der Waals surface area contributed by atoms with E-state index in [0.29, 0.717) is 6.42 Å². The number of nitriles is 1. The molecule has 17 heavy (non-hydrogen) atoms. The highest BCUT2D eigenvalue weighted by Crippen LogP contribution is 2.23. The number of hydrogen-bond acceptors (Lipinski definition) is 3. The van der Waals surface area contributed by atoms with Gasteiger partial charge >= 0.3 is 0 Å². The van der Waals surface area contributed by atoms with E-state index in [1.165, 1.54) is 0 Å². The van der Waals surface area contributed by atoms with Crippen molar-refractivity contribution in [2.24, 2.45) is 0 Å². The number of benzene rings is 1. The standard InChI is InChI=1S/C13H11ClN2S/c14-12-6-8-17-13(12)9-16-11-3-1-10(2-4-11)5-7-15/h1-4,6,8,16H,5,9H2. The van der Waals surface area contributed by atoms with Gasteiger partial charge in [-0.3, -0.25) is 0 Å². The highest BCUT2D eigenvalue weighted by atomic mass is 35.5. The largest absolute Gasteiger partial charge is 0.380 e. The lowest BCUT2D eigenvalue weighted by atomic mass is 10.1. The Labute approximate surface area is 109 Å². The molecule has 1 aromatic carbocycles. The van der Waals surface area contributed by atoms with Gasteiger partial charge < -0.3 is 5.32 Å². The van der Waals surface area contributed by atoms with E-state index in [1.807, 2.05) is 35.7 Å². The molecule has 0 saturated carbocycles. The van der Waals surface area contributed by atoms with Crippen molar-refractivity contribution in [1.82, 2.24) is 0 Å². The lowest BCUT2D eigenvalue weighted by Crippen LogP contribution is -1.97. The Morgan fingerprint density at radius 2 is 2.00 bits per heavy atom. The van der Waals surface area contributed by atoms with Gasteiger partial charge in [-0.2, -0.15) is 5.26 Å². The molecule has 0 bridgehead atoms. The van der Waals surface area contributed by atoms with Crippen LogP contribution in [0, 0.1) is 11.3 Å². The average Bonchev–Trinajstić information content (AvgIpc) is 2.75. The molecule has 4 heteroatoms. The molecule has 0 atom stereocenters. The number of nitrogens with one attached hydrogen (secondary N) is 1. The van der Waals surface area contributed by atoms with Gasteiger partial charge in [0, 0.05) is 10.6 Å². The van der Waals surface area contributed by atoms with E-state index >= 15 is 0 Å². The van der Waals surface area contributed by atoms with Crippen LogP contribution in [0.4, 0.5) is 5.69 Å². The van der Waals surface area contributed by atoms with E-state index in [-0.39, 0.29) is 0 Å². The summed E-state index contributed by atoms with van der Waals surface area (Å²) in [7, 11) is 0. The SMILES string of the molecule is N#CCc1ccc(NCc2sccc2Cl)cc1. The topological polar surface area (TPSA) is 35.8 Å². The van der Waals surface area contributed by atoms with Gasteiger partial charge in [0.15, 0.2) is 0 Å². The second kappa shape index (κ2) is 5.72. The van der Waals surface area contributed by atoms with E-state index < -0.39 is 0 Å². The predicted octanol–water partition coefficient (Wildman–Crippen LogP) is 4.08. The molecule has 1 N–H and O–H groups in total. The zero-order valence-corrected chi connectivity index (χ0v) is 10.7. The maximum Gasteiger partial charge on any atom is 0.0669 e. The molecule has 0 aliphatic rings. The van der Waals surface area contributed by atoms with Gasteiger partial charge in [0.1, 0.15) is 0 Å². The lowest BCUT2D eigenvalue weighted by Gasteiger charge is -2.05. The summed E-state index contributed by atoms with van der Waals surface area (Å²) in [5.74, 6) is 0. The minimum Gasteiger partial charge on any atom is -0.380 e. The summed E-state index contributed by atoms with van der Waals surface area (Å²) in [5, 5.41) is 14.7. The minimum atomic E-state index is 0.455. The Kier molecular flexibility index (Phi) is 4.03. The second-order valence-electron chi connectivity index (χ2n) is 3.58. The van der Waals surface area contributed by atoms with Crippen LogP contribution in [-0.4, -0.2) is 0 Å². The highest BCUT2D eigenvalue weighted by Gasteiger charge is 2.01. The smallest absolute Gasteiger partial charge is 0.0669 e. The van der Waals surface area contributed by atoms with E-state index in [9.17, 15) is 0 Å². The van der Waals surface area contributed by atoms with Gasteiger partial charge in [-0.25, -0.2) is 0 Å². The summed E-state index contributed by atoms with van der Waals surface area (Å²) in [5.41, 5.74) is 2.07. The predicted molar refractivity (Wildman–Crippen MR) is 72.4 cm³/mol. The first-order valence-electron chi connectivity index (χ1n) is 5.21. The molecule has 0 unspecified atom stereocenters. The number of hydrogen-bond donors (Lipinski definition) is 1. The van der Waals surface area contributed by atoms with Gasteiger partial charge in [-0.15, -0.1) is 11.3 Å². The van der Waals surface area contributed by atoms with Crippen LogP contribution in [-0.2, 0) is 13.0 Å². The summed E-state index contributed by atoms with van der Waals surface area (Å²) in [6.07, 6.45) is 0.455. The van der Waals surface area contributed by atoms with Crippen LogP contribution in [0.1, 0.15) is 10.4 Å². The van der Waals surface area contributed by atoms with E-state index in [0.717, 1.165) is 27.7 Å². The molecular formula is C13H11ClN2S. The van der Waals surface area contributed by atoms with Crippen molar-refractivity contribution in [3.8, 4) is 6.07 Å². The molecule has 0 saturated heterocycles. The monoisotopic (exact) mass is 262 g/mol. The lowest BCUT2D eigenvalue weighted by molar-refractivity contribution is 1.18. The summed E-state index contributed by atoms with van der Waals surface area (Å²) < 4.78 is 0. The van der Waals surface area contributed by atoms with Crippen molar-refractivity contribution >= 4 is 28.6 Å². The van der Waals surface area contributed by atoms with E-state index in [1.54, 1.807) is 11.3 Å². The van der Waals surface area contributed by atoms with Crippen LogP contribution in [0.3, 0.4) is 0 Å². The van der Waals surface area contributed by atoms with Crippen LogP contribution in [0.2, 0.25) is 5.02 Å². The summed E-state index contributed by atoms with van der Waals surface area (Å²) in [6.45, 7) is 0.730. The fraction of sp³-hybridized carbons (Fsp3) is 0.154. The number of thiophene rings is 1. The zero-order chi connectivity index (χ0) is 12.1. The quantitative estimate of drug-likeness (QED) is 0.901. The first-order chi connectivity index (χ1) is 8.29. The van der Waals surface area contributed by atoms with Gasteiger partial charge in [0.05, 0.1) is 24.1 Å². The molecule has 2 rings (SSSR count). The maximum absolute atomic E-state index is 8.57. The van der Waals surface area contributed by atoms with Gasteiger partial charge in [-0.1, -0.05) is 23.7 Å². The molecule has 1 heterocycles. The second-order valence-corrected chi connectivity index (χ2v) is 4.98. The first-order valence-corrected chi connectivity index (χ1v) is 6.47. The number of halogens is 1. The van der Waals surface area contributed by atoms with Crippen LogP contribution in [0.15, 0.2) is 35.7 Å². The van der Waals surface area contributed by atoms with Crippen LogP contribution < -0.4 is 5.32 Å². The van der Waals surface area contributed by atoms with Crippen molar-refractivity contribution in [3.05, 3.63) is 51.2 Å². The van der Waals surface area contributed by atoms with E-state index in [2.05, 4.69) is 11.4 Å². The van der Waals surface area contributed by atoms with Crippen molar-refractivity contribution in [3.63, 3.8) is 0 Å². The summed E-state index contributed by atoms with van der Waals surface area (Å²) in [4.78, 5) is 1.13. The molecule has 0 aliphatic carbocycles. The molecule has 1 aromatic heterocycles. The zero-order valence-electron chi connectivity index (χ0n) is 9.11. The third kappa shape index (κ3) is 3.23. The Balaban J connectivity index is 1.96. The fourth-order valence-corrected chi connectivity index (χ4v) is 2.51. The van der Waals surface area contributed by atoms with Gasteiger partial charge in [-0.05, 0) is 29.1 Å². The number of anilines is 1. The maximum atomic E-state index is 8.57. The third-order valence-corrected chi connectivity index (χ3v) is 3.77. The number of rotatable bonds is 4. The first kappa shape index (κ1) is 12.0. The Morgan fingerprint density at radius 1 is 1.24 bits per heavy atom.